The maximum absolute atomic E-state index is 12.2. The van der Waals surface area contributed by atoms with Gasteiger partial charge in [0.2, 0.25) is 5.91 Å². The SMILES string of the molecule is CCCNc1ccc(C(=O)NC2CNC(=O)C2)c(C)c1. The average molecular weight is 275 g/mol. The number of hydrogen-bond acceptors (Lipinski definition) is 3. The zero-order valence-electron chi connectivity index (χ0n) is 12.0. The minimum atomic E-state index is -0.119. The van der Waals surface area contributed by atoms with E-state index in [9.17, 15) is 9.59 Å². The molecule has 1 heterocycles. The summed E-state index contributed by atoms with van der Waals surface area (Å²) in [6, 6.07) is 5.61. The van der Waals surface area contributed by atoms with Crippen LogP contribution in [0.3, 0.4) is 0 Å². The van der Waals surface area contributed by atoms with Crippen molar-refractivity contribution in [2.75, 3.05) is 18.4 Å². The number of carbonyl (C=O) groups excluding carboxylic acids is 2. The number of hydrogen-bond donors (Lipinski definition) is 3. The quantitative estimate of drug-likeness (QED) is 0.761. The third kappa shape index (κ3) is 3.50. The standard InChI is InChI=1S/C15H21N3O2/c1-3-6-16-11-4-5-13(10(2)7-11)15(20)18-12-8-14(19)17-9-12/h4-5,7,12,16H,3,6,8-9H2,1-2H3,(H,17,19)(H,18,20). The van der Waals surface area contributed by atoms with Gasteiger partial charge in [-0.25, -0.2) is 0 Å². The zero-order valence-corrected chi connectivity index (χ0v) is 12.0. The lowest BCUT2D eigenvalue weighted by Gasteiger charge is -2.13. The van der Waals surface area contributed by atoms with E-state index in [1.807, 2.05) is 25.1 Å². The van der Waals surface area contributed by atoms with Crippen LogP contribution < -0.4 is 16.0 Å². The summed E-state index contributed by atoms with van der Waals surface area (Å²) in [5.74, 6) is -0.128. The number of rotatable bonds is 5. The van der Waals surface area contributed by atoms with Crippen molar-refractivity contribution in [1.29, 1.82) is 0 Å². The fourth-order valence-corrected chi connectivity index (χ4v) is 2.27. The van der Waals surface area contributed by atoms with Crippen molar-refractivity contribution in [3.63, 3.8) is 0 Å². The zero-order chi connectivity index (χ0) is 14.5. The molecule has 1 aliphatic rings. The van der Waals surface area contributed by atoms with Crippen molar-refractivity contribution >= 4 is 17.5 Å². The van der Waals surface area contributed by atoms with Gasteiger partial charge in [0.25, 0.3) is 5.91 Å². The van der Waals surface area contributed by atoms with Gasteiger partial charge < -0.3 is 16.0 Å². The Kier molecular flexibility index (Phi) is 4.61. The number of carbonyl (C=O) groups is 2. The van der Waals surface area contributed by atoms with E-state index in [-0.39, 0.29) is 17.9 Å². The third-order valence-corrected chi connectivity index (χ3v) is 3.36. The molecule has 2 rings (SSSR count). The van der Waals surface area contributed by atoms with E-state index in [0.717, 1.165) is 24.2 Å². The molecule has 0 aliphatic carbocycles. The lowest BCUT2D eigenvalue weighted by atomic mass is 10.1. The lowest BCUT2D eigenvalue weighted by Crippen LogP contribution is -2.36. The van der Waals surface area contributed by atoms with Gasteiger partial charge in [0.15, 0.2) is 0 Å². The van der Waals surface area contributed by atoms with E-state index in [2.05, 4.69) is 22.9 Å². The van der Waals surface area contributed by atoms with Crippen molar-refractivity contribution in [1.82, 2.24) is 10.6 Å². The number of benzene rings is 1. The molecule has 0 bridgehead atoms. The number of amides is 2. The third-order valence-electron chi connectivity index (χ3n) is 3.36. The van der Waals surface area contributed by atoms with Crippen molar-refractivity contribution in [3.05, 3.63) is 29.3 Å². The van der Waals surface area contributed by atoms with Crippen LogP contribution in [0.4, 0.5) is 5.69 Å². The Labute approximate surface area is 119 Å². The van der Waals surface area contributed by atoms with E-state index in [1.54, 1.807) is 0 Å². The largest absolute Gasteiger partial charge is 0.385 e. The summed E-state index contributed by atoms with van der Waals surface area (Å²) in [4.78, 5) is 23.3. The Morgan fingerprint density at radius 2 is 2.25 bits per heavy atom. The van der Waals surface area contributed by atoms with Gasteiger partial charge in [-0.15, -0.1) is 0 Å². The Morgan fingerprint density at radius 1 is 1.45 bits per heavy atom. The highest BCUT2D eigenvalue weighted by Crippen LogP contribution is 2.15. The van der Waals surface area contributed by atoms with E-state index in [1.165, 1.54) is 0 Å². The second kappa shape index (κ2) is 6.41. The van der Waals surface area contributed by atoms with Crippen molar-refractivity contribution < 1.29 is 9.59 Å². The van der Waals surface area contributed by atoms with Gasteiger partial charge in [0.05, 0.1) is 6.04 Å². The first-order valence-electron chi connectivity index (χ1n) is 7.02. The fourth-order valence-electron chi connectivity index (χ4n) is 2.27. The molecule has 5 nitrogen and oxygen atoms in total. The molecule has 108 valence electrons. The number of aryl methyl sites for hydroxylation is 1. The highest BCUT2D eigenvalue weighted by atomic mass is 16.2. The molecule has 0 radical (unpaired) electrons. The van der Waals surface area contributed by atoms with E-state index < -0.39 is 0 Å². The van der Waals surface area contributed by atoms with Crippen LogP contribution in [0, 0.1) is 6.92 Å². The van der Waals surface area contributed by atoms with Gasteiger partial charge in [0, 0.05) is 30.8 Å². The summed E-state index contributed by atoms with van der Waals surface area (Å²) in [6.07, 6.45) is 1.42. The monoisotopic (exact) mass is 275 g/mol. The van der Waals surface area contributed by atoms with Crippen LogP contribution >= 0.6 is 0 Å². The predicted octanol–water partition coefficient (Wildman–Crippen LogP) is 1.44. The van der Waals surface area contributed by atoms with E-state index in [4.69, 9.17) is 0 Å². The molecule has 1 fully saturated rings. The topological polar surface area (TPSA) is 70.2 Å². The molecule has 0 spiro atoms. The Balaban J connectivity index is 2.00. The summed E-state index contributed by atoms with van der Waals surface area (Å²) in [7, 11) is 0. The summed E-state index contributed by atoms with van der Waals surface area (Å²) in [5, 5.41) is 8.89. The molecule has 1 aromatic rings. The van der Waals surface area contributed by atoms with Gasteiger partial charge in [-0.2, -0.15) is 0 Å². The smallest absolute Gasteiger partial charge is 0.251 e. The maximum atomic E-state index is 12.2. The van der Waals surface area contributed by atoms with E-state index in [0.29, 0.717) is 18.5 Å². The second-order valence-corrected chi connectivity index (χ2v) is 5.14. The summed E-state index contributed by atoms with van der Waals surface area (Å²) < 4.78 is 0. The Bertz CT molecular complexity index is 514. The average Bonchev–Trinajstić information content (AvgIpc) is 2.81. The van der Waals surface area contributed by atoms with Crippen LogP contribution in [-0.4, -0.2) is 30.9 Å². The van der Waals surface area contributed by atoms with Gasteiger partial charge >= 0.3 is 0 Å². The van der Waals surface area contributed by atoms with Crippen LogP contribution in [0.15, 0.2) is 18.2 Å². The van der Waals surface area contributed by atoms with Gasteiger partial charge in [-0.1, -0.05) is 6.92 Å². The minimum Gasteiger partial charge on any atom is -0.385 e. The predicted molar refractivity (Wildman–Crippen MR) is 78.8 cm³/mol. The molecular weight excluding hydrogens is 254 g/mol. The number of nitrogens with one attached hydrogen (secondary N) is 3. The Hall–Kier alpha value is -2.04. The first-order chi connectivity index (χ1) is 9.60. The molecule has 1 unspecified atom stereocenters. The molecule has 1 aromatic carbocycles. The molecule has 0 saturated carbocycles. The molecule has 20 heavy (non-hydrogen) atoms. The number of anilines is 1. The van der Waals surface area contributed by atoms with Crippen LogP contribution in [-0.2, 0) is 4.79 Å². The molecule has 5 heteroatoms. The molecular formula is C15H21N3O2. The molecule has 3 N–H and O–H groups in total. The Morgan fingerprint density at radius 3 is 2.85 bits per heavy atom. The van der Waals surface area contributed by atoms with Crippen LogP contribution in [0.2, 0.25) is 0 Å². The van der Waals surface area contributed by atoms with Gasteiger partial charge in [-0.05, 0) is 37.1 Å². The maximum Gasteiger partial charge on any atom is 0.251 e. The minimum absolute atomic E-state index is 0.00821. The van der Waals surface area contributed by atoms with Crippen molar-refractivity contribution in [2.24, 2.45) is 0 Å². The molecule has 2 amide bonds. The summed E-state index contributed by atoms with van der Waals surface area (Å²) in [5.41, 5.74) is 2.62. The first kappa shape index (κ1) is 14.4. The highest BCUT2D eigenvalue weighted by Gasteiger charge is 2.23. The first-order valence-corrected chi connectivity index (χ1v) is 7.02. The molecule has 1 aliphatic heterocycles. The van der Waals surface area contributed by atoms with E-state index >= 15 is 0 Å². The summed E-state index contributed by atoms with van der Waals surface area (Å²) >= 11 is 0. The fraction of sp³-hybridized carbons (Fsp3) is 0.467. The molecule has 1 atom stereocenters. The highest BCUT2D eigenvalue weighted by molar-refractivity contribution is 5.96. The molecule has 0 aromatic heterocycles. The van der Waals surface area contributed by atoms with Crippen molar-refractivity contribution in [2.45, 2.75) is 32.7 Å². The molecule has 1 saturated heterocycles. The van der Waals surface area contributed by atoms with Crippen LogP contribution in [0.25, 0.3) is 0 Å². The van der Waals surface area contributed by atoms with Gasteiger partial charge in [0.1, 0.15) is 0 Å². The van der Waals surface area contributed by atoms with Crippen LogP contribution in [0.1, 0.15) is 35.7 Å². The van der Waals surface area contributed by atoms with Gasteiger partial charge in [-0.3, -0.25) is 9.59 Å². The van der Waals surface area contributed by atoms with Crippen molar-refractivity contribution in [3.8, 4) is 0 Å². The van der Waals surface area contributed by atoms with Crippen LogP contribution in [0.5, 0.6) is 0 Å². The second-order valence-electron chi connectivity index (χ2n) is 5.14. The lowest BCUT2D eigenvalue weighted by molar-refractivity contribution is -0.119. The summed E-state index contributed by atoms with van der Waals surface area (Å²) in [6.45, 7) is 5.46. The normalized spacial score (nSPS) is 17.7.